The Balaban J connectivity index is 1.67. The van der Waals surface area contributed by atoms with Crippen molar-refractivity contribution in [1.82, 2.24) is 15.1 Å². The molecular weight excluding hydrogens is 350 g/mol. The van der Waals surface area contributed by atoms with Crippen molar-refractivity contribution in [1.29, 1.82) is 0 Å². The topological polar surface area (TPSA) is 52.7 Å². The Morgan fingerprint density at radius 2 is 1.36 bits per heavy atom. The van der Waals surface area contributed by atoms with E-state index in [0.29, 0.717) is 25.6 Å². The molecule has 1 fully saturated rings. The molecule has 1 aliphatic rings. The third kappa shape index (κ3) is 4.98. The van der Waals surface area contributed by atoms with Gasteiger partial charge in [-0.1, -0.05) is 74.5 Å². The first-order valence-corrected chi connectivity index (χ1v) is 9.97. The first-order chi connectivity index (χ1) is 13.6. The van der Waals surface area contributed by atoms with E-state index in [-0.39, 0.29) is 6.04 Å². The highest BCUT2D eigenvalue weighted by atomic mass is 16.2. The standard InChI is InChI=1S/C23H29N3O2/c1-18(2)17-24-22(27)23(28)26-15-13-25(14-16-26)21(19-9-5-3-6-10-19)20-11-7-4-8-12-20/h3-12,18,21H,13-17H2,1-2H3,(H,24,27). The minimum atomic E-state index is -0.496. The first kappa shape index (κ1) is 20.1. The Kier molecular flexibility index (Phi) is 6.82. The van der Waals surface area contributed by atoms with E-state index in [1.165, 1.54) is 11.1 Å². The Morgan fingerprint density at radius 1 is 0.857 bits per heavy atom. The number of rotatable bonds is 5. The lowest BCUT2D eigenvalue weighted by atomic mass is 9.96. The van der Waals surface area contributed by atoms with Crippen molar-refractivity contribution < 1.29 is 9.59 Å². The fraction of sp³-hybridized carbons (Fsp3) is 0.391. The van der Waals surface area contributed by atoms with Crippen molar-refractivity contribution in [3.8, 4) is 0 Å². The summed E-state index contributed by atoms with van der Waals surface area (Å²) in [7, 11) is 0. The number of carbonyl (C=O) groups excluding carboxylic acids is 2. The maximum atomic E-state index is 12.4. The minimum absolute atomic E-state index is 0.148. The zero-order valence-corrected chi connectivity index (χ0v) is 16.7. The molecule has 28 heavy (non-hydrogen) atoms. The predicted octanol–water partition coefficient (Wildman–Crippen LogP) is 2.69. The maximum absolute atomic E-state index is 12.4. The monoisotopic (exact) mass is 379 g/mol. The molecule has 5 heteroatoms. The van der Waals surface area contributed by atoms with Crippen LogP contribution in [0.3, 0.4) is 0 Å². The van der Waals surface area contributed by atoms with Crippen molar-refractivity contribution in [2.45, 2.75) is 19.9 Å². The molecule has 0 spiro atoms. The second kappa shape index (κ2) is 9.51. The Bertz CT molecular complexity index is 729. The molecule has 0 radical (unpaired) electrons. The smallest absolute Gasteiger partial charge is 0.311 e. The number of benzene rings is 2. The van der Waals surface area contributed by atoms with E-state index < -0.39 is 11.8 Å². The van der Waals surface area contributed by atoms with Gasteiger partial charge in [0, 0.05) is 32.7 Å². The Morgan fingerprint density at radius 3 is 1.82 bits per heavy atom. The van der Waals surface area contributed by atoms with Crippen LogP contribution in [0.1, 0.15) is 31.0 Å². The summed E-state index contributed by atoms with van der Waals surface area (Å²) in [5, 5.41) is 2.72. The number of amides is 2. The lowest BCUT2D eigenvalue weighted by molar-refractivity contribution is -0.147. The van der Waals surface area contributed by atoms with Gasteiger partial charge in [-0.15, -0.1) is 0 Å². The highest BCUT2D eigenvalue weighted by Gasteiger charge is 2.30. The van der Waals surface area contributed by atoms with Crippen LogP contribution in [0, 0.1) is 5.92 Å². The quantitative estimate of drug-likeness (QED) is 0.813. The summed E-state index contributed by atoms with van der Waals surface area (Å²) in [4.78, 5) is 28.6. The second-order valence-electron chi connectivity index (χ2n) is 7.66. The van der Waals surface area contributed by atoms with E-state index in [1.807, 2.05) is 26.0 Å². The van der Waals surface area contributed by atoms with Crippen LogP contribution in [0.15, 0.2) is 60.7 Å². The molecule has 5 nitrogen and oxygen atoms in total. The van der Waals surface area contributed by atoms with Crippen LogP contribution in [-0.4, -0.2) is 54.3 Å². The lowest BCUT2D eigenvalue weighted by Gasteiger charge is -2.39. The zero-order valence-electron chi connectivity index (χ0n) is 16.7. The summed E-state index contributed by atoms with van der Waals surface area (Å²) >= 11 is 0. The van der Waals surface area contributed by atoms with Gasteiger partial charge >= 0.3 is 11.8 Å². The van der Waals surface area contributed by atoms with Crippen LogP contribution >= 0.6 is 0 Å². The molecule has 2 aromatic rings. The summed E-state index contributed by atoms with van der Waals surface area (Å²) in [6, 6.07) is 21.0. The molecule has 1 aliphatic heterocycles. The van der Waals surface area contributed by atoms with Crippen molar-refractivity contribution in [3.05, 3.63) is 71.8 Å². The van der Waals surface area contributed by atoms with Crippen LogP contribution in [0.2, 0.25) is 0 Å². The molecular formula is C23H29N3O2. The molecule has 0 aromatic heterocycles. The summed E-state index contributed by atoms with van der Waals surface area (Å²) in [6.45, 7) is 7.13. The van der Waals surface area contributed by atoms with Crippen LogP contribution < -0.4 is 5.32 Å². The average Bonchev–Trinajstić information content (AvgIpc) is 2.74. The van der Waals surface area contributed by atoms with E-state index in [1.54, 1.807) is 4.90 Å². The van der Waals surface area contributed by atoms with Gasteiger partial charge in [-0.05, 0) is 17.0 Å². The van der Waals surface area contributed by atoms with Gasteiger partial charge in [-0.3, -0.25) is 14.5 Å². The van der Waals surface area contributed by atoms with Gasteiger partial charge in [0.05, 0.1) is 6.04 Å². The van der Waals surface area contributed by atoms with Gasteiger partial charge < -0.3 is 10.2 Å². The van der Waals surface area contributed by atoms with Crippen LogP contribution in [0.5, 0.6) is 0 Å². The van der Waals surface area contributed by atoms with Crippen LogP contribution in [0.25, 0.3) is 0 Å². The minimum Gasteiger partial charge on any atom is -0.348 e. The third-order valence-electron chi connectivity index (χ3n) is 5.06. The van der Waals surface area contributed by atoms with Gasteiger partial charge in [0.15, 0.2) is 0 Å². The van der Waals surface area contributed by atoms with E-state index in [9.17, 15) is 9.59 Å². The first-order valence-electron chi connectivity index (χ1n) is 9.97. The van der Waals surface area contributed by atoms with Crippen LogP contribution in [0.4, 0.5) is 0 Å². The number of nitrogens with zero attached hydrogens (tertiary/aromatic N) is 2. The predicted molar refractivity (Wildman–Crippen MR) is 111 cm³/mol. The van der Waals surface area contributed by atoms with Gasteiger partial charge in [0.1, 0.15) is 0 Å². The number of hydrogen-bond acceptors (Lipinski definition) is 3. The van der Waals surface area contributed by atoms with Crippen molar-refractivity contribution >= 4 is 11.8 Å². The fourth-order valence-corrected chi connectivity index (χ4v) is 3.58. The fourth-order valence-electron chi connectivity index (χ4n) is 3.58. The van der Waals surface area contributed by atoms with Gasteiger partial charge in [-0.25, -0.2) is 0 Å². The summed E-state index contributed by atoms with van der Waals surface area (Å²) in [6.07, 6.45) is 0. The van der Waals surface area contributed by atoms with Crippen LogP contribution in [-0.2, 0) is 9.59 Å². The van der Waals surface area contributed by atoms with E-state index >= 15 is 0 Å². The molecule has 148 valence electrons. The molecule has 0 aliphatic carbocycles. The molecule has 1 saturated heterocycles. The largest absolute Gasteiger partial charge is 0.348 e. The molecule has 0 unspecified atom stereocenters. The van der Waals surface area contributed by atoms with Crippen molar-refractivity contribution in [3.63, 3.8) is 0 Å². The van der Waals surface area contributed by atoms with E-state index in [4.69, 9.17) is 0 Å². The normalized spacial score (nSPS) is 15.1. The van der Waals surface area contributed by atoms with Gasteiger partial charge in [0.2, 0.25) is 0 Å². The lowest BCUT2D eigenvalue weighted by Crippen LogP contribution is -2.53. The highest BCUT2D eigenvalue weighted by molar-refractivity contribution is 6.35. The summed E-state index contributed by atoms with van der Waals surface area (Å²) in [5.41, 5.74) is 2.48. The van der Waals surface area contributed by atoms with E-state index in [2.05, 4.69) is 58.7 Å². The Labute approximate surface area is 167 Å². The molecule has 1 heterocycles. The molecule has 1 N–H and O–H groups in total. The van der Waals surface area contributed by atoms with Gasteiger partial charge in [0.25, 0.3) is 0 Å². The maximum Gasteiger partial charge on any atom is 0.311 e. The number of carbonyl (C=O) groups is 2. The van der Waals surface area contributed by atoms with E-state index in [0.717, 1.165) is 13.1 Å². The SMILES string of the molecule is CC(C)CNC(=O)C(=O)N1CCN(C(c2ccccc2)c2ccccc2)CC1. The molecule has 2 aromatic carbocycles. The zero-order chi connectivity index (χ0) is 19.9. The molecule has 3 rings (SSSR count). The molecule has 2 amide bonds. The number of piperazine rings is 1. The molecule has 0 bridgehead atoms. The van der Waals surface area contributed by atoms with Crippen molar-refractivity contribution in [2.75, 3.05) is 32.7 Å². The highest BCUT2D eigenvalue weighted by Crippen LogP contribution is 2.29. The number of nitrogens with one attached hydrogen (secondary N) is 1. The third-order valence-corrected chi connectivity index (χ3v) is 5.06. The summed E-state index contributed by atoms with van der Waals surface area (Å²) in [5.74, 6) is -0.591. The molecule has 0 atom stereocenters. The summed E-state index contributed by atoms with van der Waals surface area (Å²) < 4.78 is 0. The second-order valence-corrected chi connectivity index (χ2v) is 7.66. The van der Waals surface area contributed by atoms with Crippen molar-refractivity contribution in [2.24, 2.45) is 5.92 Å². The molecule has 0 saturated carbocycles. The number of hydrogen-bond donors (Lipinski definition) is 1. The van der Waals surface area contributed by atoms with Gasteiger partial charge in [-0.2, -0.15) is 0 Å². The average molecular weight is 380 g/mol. The Hall–Kier alpha value is -2.66.